The average molecular weight is 1040 g/mol. The molecule has 0 fully saturated rings. The van der Waals surface area contributed by atoms with Gasteiger partial charge < -0.3 is 42.6 Å². The Kier molecular flexibility index (Phi) is 22.3. The SMILES string of the molecule is C=C(C)C(=O)OCCOC(=O)C1=CC=CCC1C(=O)OCCn1c(=O)n(CCOC(=O)c2ccccc2C(=O)OCCOC(=O)C(=C)C)c(=O)n(CCOC(=O)c2ccccc2C(=O)OCCOC(=O)C(=C)C)c1=O. The first-order chi connectivity index (χ1) is 35.7. The molecule has 2 aromatic carbocycles. The maximum Gasteiger partial charge on any atom is 0.339 e. The van der Waals surface area contributed by atoms with Crippen molar-refractivity contribution in [1.82, 2.24) is 13.7 Å². The molecule has 75 heavy (non-hydrogen) atoms. The van der Waals surface area contributed by atoms with Gasteiger partial charge in [0.25, 0.3) is 0 Å². The second-order valence-corrected chi connectivity index (χ2v) is 15.8. The van der Waals surface area contributed by atoms with E-state index in [2.05, 4.69) is 19.7 Å². The zero-order chi connectivity index (χ0) is 55.2. The first-order valence-electron chi connectivity index (χ1n) is 22.7. The molecule has 0 saturated heterocycles. The Balaban J connectivity index is 1.52. The number of ether oxygens (including phenoxy) is 9. The molecule has 0 N–H and O–H groups in total. The fourth-order valence-electron chi connectivity index (χ4n) is 6.37. The summed E-state index contributed by atoms with van der Waals surface area (Å²) in [6, 6.07) is 10.7. The molecule has 24 nitrogen and oxygen atoms in total. The Morgan fingerprint density at radius 1 is 0.440 bits per heavy atom. The van der Waals surface area contributed by atoms with Crippen LogP contribution in [0.3, 0.4) is 0 Å². The number of rotatable bonds is 27. The van der Waals surface area contributed by atoms with E-state index in [1.807, 2.05) is 0 Å². The normalized spacial score (nSPS) is 12.4. The number of benzene rings is 2. The van der Waals surface area contributed by atoms with Crippen molar-refractivity contribution in [2.75, 3.05) is 59.5 Å². The van der Waals surface area contributed by atoms with Crippen LogP contribution >= 0.6 is 0 Å². The van der Waals surface area contributed by atoms with E-state index >= 15 is 0 Å². The molecule has 0 bridgehead atoms. The van der Waals surface area contributed by atoms with Crippen molar-refractivity contribution in [2.45, 2.75) is 46.8 Å². The minimum Gasteiger partial charge on any atom is -0.463 e. The van der Waals surface area contributed by atoms with Gasteiger partial charge in [-0.1, -0.05) is 62.2 Å². The molecular weight excluding hydrogens is 991 g/mol. The molecule has 1 atom stereocenters. The molecule has 1 aliphatic carbocycles. The smallest absolute Gasteiger partial charge is 0.339 e. The van der Waals surface area contributed by atoms with Gasteiger partial charge in [0.1, 0.15) is 59.5 Å². The second kappa shape index (κ2) is 28.7. The minimum atomic E-state index is -1.25. The lowest BCUT2D eigenvalue weighted by molar-refractivity contribution is -0.152. The molecule has 0 spiro atoms. The highest BCUT2D eigenvalue weighted by atomic mass is 16.6. The summed E-state index contributed by atoms with van der Waals surface area (Å²) in [5.41, 5.74) is -4.51. The quantitative estimate of drug-likeness (QED) is 0.0457. The largest absolute Gasteiger partial charge is 0.463 e. The lowest BCUT2D eigenvalue weighted by Gasteiger charge is -2.19. The summed E-state index contributed by atoms with van der Waals surface area (Å²) >= 11 is 0. The van der Waals surface area contributed by atoms with Crippen LogP contribution in [0.4, 0.5) is 0 Å². The van der Waals surface area contributed by atoms with Crippen molar-refractivity contribution in [3.63, 3.8) is 0 Å². The van der Waals surface area contributed by atoms with E-state index in [1.165, 1.54) is 81.5 Å². The number of aromatic nitrogens is 3. The zero-order valence-corrected chi connectivity index (χ0v) is 41.2. The van der Waals surface area contributed by atoms with E-state index < -0.39 is 116 Å². The van der Waals surface area contributed by atoms with E-state index in [9.17, 15) is 57.5 Å². The maximum atomic E-state index is 13.9. The highest BCUT2D eigenvalue weighted by Gasteiger charge is 2.31. The number of nitrogens with zero attached hydrogens (tertiary/aromatic N) is 3. The number of hydrogen-bond donors (Lipinski definition) is 0. The van der Waals surface area contributed by atoms with E-state index in [4.69, 9.17) is 42.6 Å². The number of esters is 9. The Hall–Kier alpha value is -9.22. The first kappa shape index (κ1) is 58.4. The van der Waals surface area contributed by atoms with Crippen LogP contribution in [-0.2, 0) is 86.2 Å². The number of carbonyl (C=O) groups excluding carboxylic acids is 9. The van der Waals surface area contributed by atoms with E-state index in [0.717, 1.165) is 0 Å². The van der Waals surface area contributed by atoms with E-state index in [-0.39, 0.29) is 90.6 Å². The fourth-order valence-corrected chi connectivity index (χ4v) is 6.37. The molecular formula is C51H53N3O21. The zero-order valence-electron chi connectivity index (χ0n) is 41.2. The summed E-state index contributed by atoms with van der Waals surface area (Å²) in [6.07, 6.45) is 4.40. The Labute approximate surface area is 426 Å². The molecule has 1 aromatic heterocycles. The molecule has 3 aromatic rings. The van der Waals surface area contributed by atoms with Gasteiger partial charge in [-0.05, 0) is 51.5 Å². The van der Waals surface area contributed by atoms with Crippen LogP contribution in [0.25, 0.3) is 0 Å². The summed E-state index contributed by atoms with van der Waals surface area (Å²) in [7, 11) is 0. The first-order valence-corrected chi connectivity index (χ1v) is 22.7. The van der Waals surface area contributed by atoms with E-state index in [1.54, 1.807) is 6.08 Å². The maximum absolute atomic E-state index is 13.9. The number of carbonyl (C=O) groups is 9. The van der Waals surface area contributed by atoms with Crippen molar-refractivity contribution in [3.8, 4) is 0 Å². The summed E-state index contributed by atoms with van der Waals surface area (Å²) in [5, 5.41) is 0. The predicted octanol–water partition coefficient (Wildman–Crippen LogP) is 2.15. The van der Waals surface area contributed by atoms with Crippen molar-refractivity contribution in [1.29, 1.82) is 0 Å². The number of allylic oxidation sites excluding steroid dienone is 3. The molecule has 4 rings (SSSR count). The molecule has 1 heterocycles. The van der Waals surface area contributed by atoms with Gasteiger partial charge in [0.15, 0.2) is 0 Å². The van der Waals surface area contributed by atoms with Gasteiger partial charge in [0.05, 0.1) is 53.4 Å². The van der Waals surface area contributed by atoms with Gasteiger partial charge >= 0.3 is 70.8 Å². The Bertz CT molecular complexity index is 2840. The average Bonchev–Trinajstić information content (AvgIpc) is 3.39. The summed E-state index contributed by atoms with van der Waals surface area (Å²) in [5.74, 6) is -9.31. The summed E-state index contributed by atoms with van der Waals surface area (Å²) in [4.78, 5) is 155. The Morgan fingerprint density at radius 3 is 1.07 bits per heavy atom. The van der Waals surface area contributed by atoms with E-state index in [0.29, 0.717) is 13.7 Å². The number of hydrogen-bond acceptors (Lipinski definition) is 21. The summed E-state index contributed by atoms with van der Waals surface area (Å²) in [6.45, 7) is 8.54. The standard InChI is InChI=1S/C51H53N3O21/c1-31(2)40(55)70-25-28-73-46(61)37-16-10-7-13-34(37)43(58)67-22-19-52-49(64)53(20-23-68-44(59)35-14-8-11-17-38(35)47(62)74-29-26-71-41(56)32(3)4)51(66)54(50(52)65)21-24-69-45(60)36-15-9-12-18-39(36)48(63)75-30-27-72-42(57)33(5)6/h7-14,16-18,36H,1,3,5,15,19-30H2,2,4,6H3. The summed E-state index contributed by atoms with van der Waals surface area (Å²) < 4.78 is 47.7. The van der Waals surface area contributed by atoms with Crippen LogP contribution in [0.2, 0.25) is 0 Å². The minimum absolute atomic E-state index is 0.00324. The van der Waals surface area contributed by atoms with Gasteiger partial charge in [0, 0.05) is 16.7 Å². The molecule has 398 valence electrons. The van der Waals surface area contributed by atoms with Gasteiger partial charge in [-0.15, -0.1) is 0 Å². The van der Waals surface area contributed by atoms with Crippen LogP contribution in [0.1, 0.15) is 68.6 Å². The van der Waals surface area contributed by atoms with Crippen LogP contribution in [0.5, 0.6) is 0 Å². The van der Waals surface area contributed by atoms with Crippen LogP contribution in [-0.4, -0.2) is 127 Å². The van der Waals surface area contributed by atoms with Crippen molar-refractivity contribution in [3.05, 3.63) is 162 Å². The van der Waals surface area contributed by atoms with Gasteiger partial charge in [-0.3, -0.25) is 4.79 Å². The van der Waals surface area contributed by atoms with Crippen LogP contribution in [0.15, 0.2) is 123 Å². The molecule has 0 saturated carbocycles. The monoisotopic (exact) mass is 1040 g/mol. The highest BCUT2D eigenvalue weighted by molar-refractivity contribution is 6.04. The molecule has 1 unspecified atom stereocenters. The highest BCUT2D eigenvalue weighted by Crippen LogP contribution is 2.23. The van der Waals surface area contributed by atoms with Gasteiger partial charge in [-0.2, -0.15) is 0 Å². The molecule has 1 aliphatic rings. The lowest BCUT2D eigenvalue weighted by atomic mass is 9.91. The van der Waals surface area contributed by atoms with Crippen molar-refractivity contribution < 1.29 is 85.8 Å². The predicted molar refractivity (Wildman–Crippen MR) is 258 cm³/mol. The molecule has 0 amide bonds. The van der Waals surface area contributed by atoms with Crippen molar-refractivity contribution >= 4 is 53.7 Å². The fraction of sp³-hybridized carbons (Fsp3) is 0.333. The van der Waals surface area contributed by atoms with Gasteiger partial charge in [-0.25, -0.2) is 66.4 Å². The third-order valence-electron chi connectivity index (χ3n) is 10.1. The van der Waals surface area contributed by atoms with Crippen LogP contribution in [0, 0.1) is 5.92 Å². The van der Waals surface area contributed by atoms with Gasteiger partial charge in [0.2, 0.25) is 0 Å². The molecule has 0 radical (unpaired) electrons. The molecule has 24 heteroatoms. The third kappa shape index (κ3) is 16.9. The van der Waals surface area contributed by atoms with Crippen LogP contribution < -0.4 is 17.1 Å². The molecule has 0 aliphatic heterocycles. The third-order valence-corrected chi connectivity index (χ3v) is 10.1. The topological polar surface area (TPSA) is 303 Å². The Morgan fingerprint density at radius 2 is 0.733 bits per heavy atom. The van der Waals surface area contributed by atoms with Crippen molar-refractivity contribution in [2.24, 2.45) is 5.92 Å². The lowest BCUT2D eigenvalue weighted by Crippen LogP contribution is -2.55. The second-order valence-electron chi connectivity index (χ2n) is 15.8.